The van der Waals surface area contributed by atoms with Crippen LogP contribution in [0.25, 0.3) is 11.1 Å². The van der Waals surface area contributed by atoms with Crippen LogP contribution in [0.3, 0.4) is 0 Å². The molecule has 144 valence electrons. The fourth-order valence-corrected chi connectivity index (χ4v) is 2.77. The molecule has 0 aliphatic rings. The fraction of sp³-hybridized carbons (Fsp3) is 0.364. The number of hydrogen-bond acceptors (Lipinski definition) is 3. The van der Waals surface area contributed by atoms with E-state index in [9.17, 15) is 9.59 Å². The predicted octanol–water partition coefficient (Wildman–Crippen LogP) is 3.09. The van der Waals surface area contributed by atoms with E-state index in [0.29, 0.717) is 31.7 Å². The SMILES string of the molecule is CCN(CCOC)C(=O)c1cccc(-c2ccc(CC(=O)N(C)C)cc2)c1. The smallest absolute Gasteiger partial charge is 0.253 e. The molecule has 0 heterocycles. The molecule has 2 aromatic carbocycles. The zero-order chi connectivity index (χ0) is 19.8. The van der Waals surface area contributed by atoms with E-state index in [-0.39, 0.29) is 11.8 Å². The molecular weight excluding hydrogens is 340 g/mol. The first kappa shape index (κ1) is 20.6. The molecule has 0 spiro atoms. The van der Waals surface area contributed by atoms with Gasteiger partial charge in [0, 0.05) is 39.9 Å². The van der Waals surface area contributed by atoms with Crippen LogP contribution < -0.4 is 0 Å². The molecule has 0 bridgehead atoms. The summed E-state index contributed by atoms with van der Waals surface area (Å²) in [5, 5.41) is 0. The Bertz CT molecular complexity index is 769. The van der Waals surface area contributed by atoms with E-state index >= 15 is 0 Å². The lowest BCUT2D eigenvalue weighted by Gasteiger charge is -2.20. The Labute approximate surface area is 161 Å². The van der Waals surface area contributed by atoms with Gasteiger partial charge in [0.2, 0.25) is 5.91 Å². The zero-order valence-electron chi connectivity index (χ0n) is 16.6. The molecule has 2 amide bonds. The second-order valence-corrected chi connectivity index (χ2v) is 6.62. The predicted molar refractivity (Wildman–Crippen MR) is 108 cm³/mol. The van der Waals surface area contributed by atoms with Gasteiger partial charge in [-0.15, -0.1) is 0 Å². The Hall–Kier alpha value is -2.66. The van der Waals surface area contributed by atoms with Gasteiger partial charge in [0.15, 0.2) is 0 Å². The molecule has 0 saturated heterocycles. The van der Waals surface area contributed by atoms with Crippen molar-refractivity contribution in [1.29, 1.82) is 0 Å². The largest absolute Gasteiger partial charge is 0.383 e. The molecular formula is C22H28N2O3. The van der Waals surface area contributed by atoms with Crippen LogP contribution in [0.5, 0.6) is 0 Å². The van der Waals surface area contributed by atoms with Gasteiger partial charge in [0.25, 0.3) is 5.91 Å². The number of rotatable bonds is 8. The van der Waals surface area contributed by atoms with Gasteiger partial charge >= 0.3 is 0 Å². The summed E-state index contributed by atoms with van der Waals surface area (Å²) >= 11 is 0. The second kappa shape index (κ2) is 9.88. The van der Waals surface area contributed by atoms with Gasteiger partial charge in [-0.3, -0.25) is 9.59 Å². The van der Waals surface area contributed by atoms with Crippen molar-refractivity contribution in [2.45, 2.75) is 13.3 Å². The van der Waals surface area contributed by atoms with Crippen LogP contribution in [0.2, 0.25) is 0 Å². The average Bonchev–Trinajstić information content (AvgIpc) is 2.69. The van der Waals surface area contributed by atoms with Gasteiger partial charge in [-0.05, 0) is 35.7 Å². The minimum absolute atomic E-state index is 0.00426. The van der Waals surface area contributed by atoms with Gasteiger partial charge in [-0.1, -0.05) is 36.4 Å². The number of methoxy groups -OCH3 is 1. The van der Waals surface area contributed by atoms with Crippen LogP contribution in [0, 0.1) is 0 Å². The van der Waals surface area contributed by atoms with Crippen molar-refractivity contribution < 1.29 is 14.3 Å². The summed E-state index contributed by atoms with van der Waals surface area (Å²) in [6.45, 7) is 3.70. The van der Waals surface area contributed by atoms with Gasteiger partial charge in [0.05, 0.1) is 13.0 Å². The maximum atomic E-state index is 12.7. The highest BCUT2D eigenvalue weighted by molar-refractivity contribution is 5.95. The lowest BCUT2D eigenvalue weighted by molar-refractivity contribution is -0.127. The number of hydrogen-bond donors (Lipinski definition) is 0. The monoisotopic (exact) mass is 368 g/mol. The minimum atomic E-state index is 0.00426. The highest BCUT2D eigenvalue weighted by Crippen LogP contribution is 2.22. The summed E-state index contributed by atoms with van der Waals surface area (Å²) in [6, 6.07) is 15.5. The van der Waals surface area contributed by atoms with Crippen LogP contribution in [0.4, 0.5) is 0 Å². The summed E-state index contributed by atoms with van der Waals surface area (Å²) in [4.78, 5) is 27.9. The topological polar surface area (TPSA) is 49.9 Å². The Balaban J connectivity index is 2.17. The Morgan fingerprint density at radius 3 is 2.30 bits per heavy atom. The second-order valence-electron chi connectivity index (χ2n) is 6.62. The molecule has 0 radical (unpaired) electrons. The van der Waals surface area contributed by atoms with E-state index in [1.54, 1.807) is 31.0 Å². The van der Waals surface area contributed by atoms with E-state index in [1.807, 2.05) is 55.5 Å². The molecule has 27 heavy (non-hydrogen) atoms. The third-order valence-electron chi connectivity index (χ3n) is 4.49. The summed E-state index contributed by atoms with van der Waals surface area (Å²) < 4.78 is 5.09. The molecule has 0 aromatic heterocycles. The fourth-order valence-electron chi connectivity index (χ4n) is 2.77. The summed E-state index contributed by atoms with van der Waals surface area (Å²) in [7, 11) is 5.14. The molecule has 2 rings (SSSR count). The lowest BCUT2D eigenvalue weighted by Crippen LogP contribution is -2.33. The summed E-state index contributed by atoms with van der Waals surface area (Å²) in [6.07, 6.45) is 0.386. The zero-order valence-corrected chi connectivity index (χ0v) is 16.6. The maximum Gasteiger partial charge on any atom is 0.253 e. The van der Waals surface area contributed by atoms with E-state index in [4.69, 9.17) is 4.74 Å². The van der Waals surface area contributed by atoms with Crippen LogP contribution >= 0.6 is 0 Å². The van der Waals surface area contributed by atoms with E-state index in [0.717, 1.165) is 16.7 Å². The van der Waals surface area contributed by atoms with E-state index in [1.165, 1.54) is 0 Å². The number of carbonyl (C=O) groups is 2. The number of likely N-dealkylation sites (N-methyl/N-ethyl adjacent to an activating group) is 2. The average molecular weight is 368 g/mol. The molecule has 5 heteroatoms. The van der Waals surface area contributed by atoms with Gasteiger partial charge in [-0.25, -0.2) is 0 Å². The van der Waals surface area contributed by atoms with Gasteiger partial charge in [-0.2, -0.15) is 0 Å². The van der Waals surface area contributed by atoms with E-state index < -0.39 is 0 Å². The third-order valence-corrected chi connectivity index (χ3v) is 4.49. The molecule has 2 aromatic rings. The van der Waals surface area contributed by atoms with Crippen molar-refractivity contribution in [1.82, 2.24) is 9.80 Å². The number of benzene rings is 2. The molecule has 0 saturated carbocycles. The molecule has 0 aliphatic carbocycles. The normalized spacial score (nSPS) is 10.5. The van der Waals surface area contributed by atoms with Gasteiger partial charge in [0.1, 0.15) is 0 Å². The Morgan fingerprint density at radius 2 is 1.70 bits per heavy atom. The van der Waals surface area contributed by atoms with Crippen molar-refractivity contribution in [2.75, 3.05) is 40.9 Å². The Morgan fingerprint density at radius 1 is 1.00 bits per heavy atom. The van der Waals surface area contributed by atoms with Crippen LogP contribution in [0.1, 0.15) is 22.8 Å². The van der Waals surface area contributed by atoms with E-state index in [2.05, 4.69) is 0 Å². The molecule has 0 aliphatic heterocycles. The standard InChI is InChI=1S/C22H28N2O3/c1-5-24(13-14-27-4)22(26)20-8-6-7-19(16-20)18-11-9-17(10-12-18)15-21(25)23(2)3/h6-12,16H,5,13-15H2,1-4H3. The van der Waals surface area contributed by atoms with Crippen LogP contribution in [0.15, 0.2) is 48.5 Å². The molecule has 0 N–H and O–H groups in total. The van der Waals surface area contributed by atoms with Crippen molar-refractivity contribution in [3.8, 4) is 11.1 Å². The molecule has 0 unspecified atom stereocenters. The maximum absolute atomic E-state index is 12.7. The summed E-state index contributed by atoms with van der Waals surface area (Å²) in [5.41, 5.74) is 3.64. The molecule has 5 nitrogen and oxygen atoms in total. The Kier molecular flexibility index (Phi) is 7.55. The highest BCUT2D eigenvalue weighted by atomic mass is 16.5. The number of nitrogens with zero attached hydrogens (tertiary/aromatic N) is 2. The number of ether oxygens (including phenoxy) is 1. The molecule has 0 atom stereocenters. The first-order chi connectivity index (χ1) is 13.0. The van der Waals surface area contributed by atoms with Crippen molar-refractivity contribution in [3.63, 3.8) is 0 Å². The first-order valence-corrected chi connectivity index (χ1v) is 9.14. The van der Waals surface area contributed by atoms with Crippen LogP contribution in [-0.4, -0.2) is 62.5 Å². The van der Waals surface area contributed by atoms with Crippen molar-refractivity contribution in [2.24, 2.45) is 0 Å². The van der Waals surface area contributed by atoms with Crippen molar-refractivity contribution in [3.05, 3.63) is 59.7 Å². The van der Waals surface area contributed by atoms with Gasteiger partial charge < -0.3 is 14.5 Å². The lowest BCUT2D eigenvalue weighted by atomic mass is 10.0. The number of carbonyl (C=O) groups excluding carboxylic acids is 2. The molecule has 0 fully saturated rings. The minimum Gasteiger partial charge on any atom is -0.383 e. The first-order valence-electron chi connectivity index (χ1n) is 9.14. The van der Waals surface area contributed by atoms with Crippen molar-refractivity contribution >= 4 is 11.8 Å². The third kappa shape index (κ3) is 5.66. The quantitative estimate of drug-likeness (QED) is 0.719. The number of amides is 2. The highest BCUT2D eigenvalue weighted by Gasteiger charge is 2.14. The van der Waals surface area contributed by atoms with Crippen LogP contribution in [-0.2, 0) is 16.0 Å². The summed E-state index contributed by atoms with van der Waals surface area (Å²) in [5.74, 6) is 0.0793.